The second-order valence-corrected chi connectivity index (χ2v) is 7.87. The molecule has 2 heterocycles. The topological polar surface area (TPSA) is 100 Å². The Morgan fingerprint density at radius 3 is 2.64 bits per heavy atom. The van der Waals surface area contributed by atoms with Gasteiger partial charge in [0.05, 0.1) is 28.9 Å². The standard InChI is InChI=1S/C19H15FN4O3S/c20-15-3-1-2-4-17(15)22-18-8-5-13(11-21-18)24-28(26,27)14-6-7-16-12(9-14)10-19(25)23-16/h1-9,11,24H,10H2,(H,21,22)(H,23,25). The highest BCUT2D eigenvalue weighted by Crippen LogP contribution is 2.27. The van der Waals surface area contributed by atoms with Crippen molar-refractivity contribution >= 4 is 38.8 Å². The van der Waals surface area contributed by atoms with E-state index in [9.17, 15) is 17.6 Å². The molecule has 28 heavy (non-hydrogen) atoms. The van der Waals surface area contributed by atoms with Crippen LogP contribution in [0.2, 0.25) is 0 Å². The lowest BCUT2D eigenvalue weighted by molar-refractivity contribution is -0.115. The maximum Gasteiger partial charge on any atom is 0.261 e. The first-order valence-electron chi connectivity index (χ1n) is 8.34. The van der Waals surface area contributed by atoms with E-state index >= 15 is 0 Å². The first-order chi connectivity index (χ1) is 13.4. The zero-order valence-electron chi connectivity index (χ0n) is 14.4. The molecule has 1 aliphatic rings. The number of pyridine rings is 1. The predicted octanol–water partition coefficient (Wildman–Crippen LogP) is 3.26. The van der Waals surface area contributed by atoms with Crippen LogP contribution >= 0.6 is 0 Å². The summed E-state index contributed by atoms with van der Waals surface area (Å²) >= 11 is 0. The minimum Gasteiger partial charge on any atom is -0.338 e. The molecule has 9 heteroatoms. The van der Waals surface area contributed by atoms with Gasteiger partial charge in [-0.25, -0.2) is 17.8 Å². The van der Waals surface area contributed by atoms with Crippen molar-refractivity contribution in [1.29, 1.82) is 0 Å². The van der Waals surface area contributed by atoms with Gasteiger partial charge in [0, 0.05) is 5.69 Å². The van der Waals surface area contributed by atoms with E-state index in [1.54, 1.807) is 24.3 Å². The van der Waals surface area contributed by atoms with Crippen molar-refractivity contribution in [3.05, 3.63) is 72.2 Å². The summed E-state index contributed by atoms with van der Waals surface area (Å²) in [5, 5.41) is 5.48. The van der Waals surface area contributed by atoms with Gasteiger partial charge in [0.25, 0.3) is 10.0 Å². The number of para-hydroxylation sites is 1. The summed E-state index contributed by atoms with van der Waals surface area (Å²) in [6.07, 6.45) is 1.48. The molecule has 0 bridgehead atoms. The molecule has 0 radical (unpaired) electrons. The highest BCUT2D eigenvalue weighted by atomic mass is 32.2. The smallest absolute Gasteiger partial charge is 0.261 e. The highest BCUT2D eigenvalue weighted by molar-refractivity contribution is 7.92. The van der Waals surface area contributed by atoms with Gasteiger partial charge in [0.15, 0.2) is 0 Å². The third kappa shape index (κ3) is 3.65. The first-order valence-corrected chi connectivity index (χ1v) is 9.82. The Kier molecular flexibility index (Phi) is 4.44. The largest absolute Gasteiger partial charge is 0.338 e. The molecule has 0 aliphatic carbocycles. The number of amides is 1. The molecule has 1 aliphatic heterocycles. The van der Waals surface area contributed by atoms with Gasteiger partial charge in [-0.1, -0.05) is 12.1 Å². The summed E-state index contributed by atoms with van der Waals surface area (Å²) in [6, 6.07) is 13.7. The summed E-state index contributed by atoms with van der Waals surface area (Å²) < 4.78 is 41.3. The molecule has 4 rings (SSSR count). The number of hydrogen-bond acceptors (Lipinski definition) is 5. The van der Waals surface area contributed by atoms with Gasteiger partial charge in [-0.2, -0.15) is 0 Å². The zero-order chi connectivity index (χ0) is 19.7. The number of nitrogens with one attached hydrogen (secondary N) is 3. The fraction of sp³-hybridized carbons (Fsp3) is 0.0526. The lowest BCUT2D eigenvalue weighted by atomic mass is 10.2. The van der Waals surface area contributed by atoms with E-state index in [4.69, 9.17) is 0 Å². The number of anilines is 4. The van der Waals surface area contributed by atoms with Crippen LogP contribution in [-0.2, 0) is 21.2 Å². The molecule has 3 N–H and O–H groups in total. The maximum atomic E-state index is 13.7. The lowest BCUT2D eigenvalue weighted by Crippen LogP contribution is -2.13. The third-order valence-corrected chi connectivity index (χ3v) is 5.54. The number of aromatic nitrogens is 1. The van der Waals surface area contributed by atoms with Crippen LogP contribution in [-0.4, -0.2) is 19.3 Å². The average Bonchev–Trinajstić information content (AvgIpc) is 3.04. The number of sulfonamides is 1. The van der Waals surface area contributed by atoms with Crippen molar-refractivity contribution in [2.75, 3.05) is 15.4 Å². The number of hydrogen-bond donors (Lipinski definition) is 3. The average molecular weight is 398 g/mol. The second-order valence-electron chi connectivity index (χ2n) is 6.19. The molecule has 1 aromatic heterocycles. The van der Waals surface area contributed by atoms with Crippen LogP contribution in [0, 0.1) is 5.82 Å². The number of fused-ring (bicyclic) bond motifs is 1. The van der Waals surface area contributed by atoms with Crippen LogP contribution in [0.4, 0.5) is 27.3 Å². The summed E-state index contributed by atoms with van der Waals surface area (Å²) in [5.41, 5.74) is 1.78. The van der Waals surface area contributed by atoms with Gasteiger partial charge in [-0.3, -0.25) is 9.52 Å². The number of benzene rings is 2. The number of nitrogens with zero attached hydrogens (tertiary/aromatic N) is 1. The van der Waals surface area contributed by atoms with Crippen molar-refractivity contribution in [1.82, 2.24) is 4.98 Å². The monoisotopic (exact) mass is 398 g/mol. The highest BCUT2D eigenvalue weighted by Gasteiger charge is 2.22. The van der Waals surface area contributed by atoms with Gasteiger partial charge in [-0.05, 0) is 48.0 Å². The minimum absolute atomic E-state index is 0.0521. The van der Waals surface area contributed by atoms with Crippen LogP contribution in [0.3, 0.4) is 0 Å². The molecule has 142 valence electrons. The molecule has 2 aromatic carbocycles. The lowest BCUT2D eigenvalue weighted by Gasteiger charge is -2.10. The van der Waals surface area contributed by atoms with Gasteiger partial charge in [-0.15, -0.1) is 0 Å². The Balaban J connectivity index is 1.50. The molecule has 1 amide bonds. The van der Waals surface area contributed by atoms with E-state index in [-0.39, 0.29) is 28.6 Å². The molecule has 7 nitrogen and oxygen atoms in total. The quantitative estimate of drug-likeness (QED) is 0.613. The maximum absolute atomic E-state index is 13.7. The van der Waals surface area contributed by atoms with E-state index in [2.05, 4.69) is 20.3 Å². The number of halogens is 1. The summed E-state index contributed by atoms with van der Waals surface area (Å²) in [5.74, 6) is -0.214. The van der Waals surface area contributed by atoms with E-state index in [0.717, 1.165) is 0 Å². The molecule has 0 saturated carbocycles. The van der Waals surface area contributed by atoms with Crippen LogP contribution in [0.5, 0.6) is 0 Å². The normalized spacial score (nSPS) is 13.0. The van der Waals surface area contributed by atoms with Crippen molar-refractivity contribution < 1.29 is 17.6 Å². The zero-order valence-corrected chi connectivity index (χ0v) is 15.3. The second kappa shape index (κ2) is 6.93. The molecular weight excluding hydrogens is 383 g/mol. The van der Waals surface area contributed by atoms with Gasteiger partial charge in [0.2, 0.25) is 5.91 Å². The van der Waals surface area contributed by atoms with E-state index in [1.807, 2.05) is 0 Å². The molecule has 0 fully saturated rings. The van der Waals surface area contributed by atoms with Crippen molar-refractivity contribution in [2.45, 2.75) is 11.3 Å². The van der Waals surface area contributed by atoms with Crippen molar-refractivity contribution in [3.63, 3.8) is 0 Å². The van der Waals surface area contributed by atoms with Crippen LogP contribution < -0.4 is 15.4 Å². The number of rotatable bonds is 5. The Bertz CT molecular complexity index is 1160. The van der Waals surface area contributed by atoms with Crippen LogP contribution in [0.1, 0.15) is 5.56 Å². The van der Waals surface area contributed by atoms with E-state index < -0.39 is 15.8 Å². The summed E-state index contributed by atoms with van der Waals surface area (Å²) in [7, 11) is -3.84. The molecule has 0 atom stereocenters. The van der Waals surface area contributed by atoms with Crippen LogP contribution in [0.15, 0.2) is 65.7 Å². The minimum atomic E-state index is -3.84. The molecule has 0 saturated heterocycles. The van der Waals surface area contributed by atoms with E-state index in [1.165, 1.54) is 36.5 Å². The number of carbonyl (C=O) groups is 1. The number of carbonyl (C=O) groups excluding carboxylic acids is 1. The van der Waals surface area contributed by atoms with Crippen molar-refractivity contribution in [3.8, 4) is 0 Å². The van der Waals surface area contributed by atoms with E-state index in [0.29, 0.717) is 17.1 Å². The molecule has 0 spiro atoms. The Hall–Kier alpha value is -3.46. The molecule has 3 aromatic rings. The fourth-order valence-corrected chi connectivity index (χ4v) is 3.91. The molecular formula is C19H15FN4O3S. The van der Waals surface area contributed by atoms with Crippen molar-refractivity contribution in [2.24, 2.45) is 0 Å². The summed E-state index contributed by atoms with van der Waals surface area (Å²) in [4.78, 5) is 15.6. The Labute approximate surface area is 160 Å². The predicted molar refractivity (Wildman–Crippen MR) is 104 cm³/mol. The van der Waals surface area contributed by atoms with Crippen LogP contribution in [0.25, 0.3) is 0 Å². The first kappa shape index (κ1) is 17.9. The molecule has 0 unspecified atom stereocenters. The van der Waals surface area contributed by atoms with Gasteiger partial charge in [0.1, 0.15) is 11.6 Å². The summed E-state index contributed by atoms with van der Waals surface area (Å²) in [6.45, 7) is 0. The fourth-order valence-electron chi connectivity index (χ4n) is 2.82. The Morgan fingerprint density at radius 2 is 1.89 bits per heavy atom. The van der Waals surface area contributed by atoms with Gasteiger partial charge >= 0.3 is 0 Å². The third-order valence-electron chi connectivity index (χ3n) is 4.16. The SMILES string of the molecule is O=C1Cc2cc(S(=O)(=O)Nc3ccc(Nc4ccccc4F)nc3)ccc2N1. The van der Waals surface area contributed by atoms with Gasteiger partial charge < -0.3 is 10.6 Å². The Morgan fingerprint density at radius 1 is 1.07 bits per heavy atom.